The summed E-state index contributed by atoms with van der Waals surface area (Å²) in [5.41, 5.74) is 0.966. The second-order valence-electron chi connectivity index (χ2n) is 2.85. The molecule has 0 aromatic heterocycles. The molecule has 0 amide bonds. The van der Waals surface area contributed by atoms with Crippen LogP contribution in [0.3, 0.4) is 0 Å². The van der Waals surface area contributed by atoms with E-state index in [9.17, 15) is 4.39 Å². The first kappa shape index (κ1) is 10.3. The lowest BCUT2D eigenvalue weighted by Gasteiger charge is -2.00. The van der Waals surface area contributed by atoms with E-state index in [0.29, 0.717) is 12.3 Å². The summed E-state index contributed by atoms with van der Waals surface area (Å²) >= 11 is 0. The van der Waals surface area contributed by atoms with Gasteiger partial charge in [-0.05, 0) is 19.3 Å². The third-order valence-electron chi connectivity index (χ3n) is 1.58. The maximum Gasteiger partial charge on any atom is 0.118 e. The summed E-state index contributed by atoms with van der Waals surface area (Å²) in [5.74, 6) is 0.237. The van der Waals surface area contributed by atoms with Gasteiger partial charge in [0.25, 0.3) is 0 Å². The summed E-state index contributed by atoms with van der Waals surface area (Å²) in [7, 11) is 0. The molecule has 1 nitrogen and oxygen atoms in total. The van der Waals surface area contributed by atoms with Crippen LogP contribution < -0.4 is 0 Å². The Morgan fingerprint density at radius 2 is 2.09 bits per heavy atom. The van der Waals surface area contributed by atoms with E-state index in [1.54, 1.807) is 6.92 Å². The Hall–Kier alpha value is -0.660. The highest BCUT2D eigenvalue weighted by molar-refractivity contribution is 5.84. The van der Waals surface area contributed by atoms with Crippen molar-refractivity contribution in [3.05, 3.63) is 12.0 Å². The monoisotopic (exact) mass is 157 g/mol. The third-order valence-corrected chi connectivity index (χ3v) is 1.58. The van der Waals surface area contributed by atoms with E-state index in [0.717, 1.165) is 5.71 Å². The van der Waals surface area contributed by atoms with Crippen LogP contribution in [0, 0.1) is 5.92 Å². The molecular formula is C9H16FN. The van der Waals surface area contributed by atoms with Crippen molar-refractivity contribution in [3.63, 3.8) is 0 Å². The molecule has 0 saturated heterocycles. The van der Waals surface area contributed by atoms with Crippen molar-refractivity contribution in [1.82, 2.24) is 0 Å². The number of hydrogen-bond acceptors (Lipinski definition) is 1. The highest BCUT2D eigenvalue weighted by Crippen LogP contribution is 2.03. The number of hydrogen-bond donors (Lipinski definition) is 0. The molecule has 0 heterocycles. The van der Waals surface area contributed by atoms with Crippen molar-refractivity contribution in [3.8, 4) is 0 Å². The average Bonchev–Trinajstić information content (AvgIpc) is 1.99. The van der Waals surface area contributed by atoms with Gasteiger partial charge in [0.05, 0.1) is 6.20 Å². The van der Waals surface area contributed by atoms with Gasteiger partial charge in [-0.25, -0.2) is 4.39 Å². The number of aliphatic imine (C=N–C) groups is 1. The van der Waals surface area contributed by atoms with E-state index in [2.05, 4.69) is 4.99 Å². The van der Waals surface area contributed by atoms with Gasteiger partial charge in [-0.1, -0.05) is 20.8 Å². The van der Waals surface area contributed by atoms with E-state index >= 15 is 0 Å². The maximum absolute atomic E-state index is 12.5. The summed E-state index contributed by atoms with van der Waals surface area (Å²) in [4.78, 5) is 3.97. The largest absolute Gasteiger partial charge is 0.263 e. The van der Waals surface area contributed by atoms with Crippen LogP contribution >= 0.6 is 0 Å². The highest BCUT2D eigenvalue weighted by Gasteiger charge is 1.95. The van der Waals surface area contributed by atoms with Crippen LogP contribution in [0.25, 0.3) is 0 Å². The molecule has 0 radical (unpaired) electrons. The molecule has 11 heavy (non-hydrogen) atoms. The maximum atomic E-state index is 12.5. The molecule has 0 N–H and O–H groups in total. The van der Waals surface area contributed by atoms with Crippen molar-refractivity contribution >= 4 is 5.71 Å². The molecular weight excluding hydrogens is 141 g/mol. The molecule has 0 unspecified atom stereocenters. The second-order valence-corrected chi connectivity index (χ2v) is 2.85. The quantitative estimate of drug-likeness (QED) is 0.557. The Bertz CT molecular complexity index is 168. The summed E-state index contributed by atoms with van der Waals surface area (Å²) in [6, 6.07) is 0. The van der Waals surface area contributed by atoms with Gasteiger partial charge in [0, 0.05) is 5.71 Å². The molecule has 0 aliphatic rings. The Kier molecular flexibility index (Phi) is 4.75. The van der Waals surface area contributed by atoms with Crippen LogP contribution in [-0.2, 0) is 0 Å². The Labute approximate surface area is 68.0 Å². The van der Waals surface area contributed by atoms with Gasteiger partial charge in [-0.3, -0.25) is 4.99 Å². The molecule has 0 aliphatic carbocycles. The van der Waals surface area contributed by atoms with Crippen LogP contribution in [0.15, 0.2) is 17.0 Å². The van der Waals surface area contributed by atoms with Crippen LogP contribution in [0.1, 0.15) is 34.1 Å². The first-order valence-corrected chi connectivity index (χ1v) is 3.96. The van der Waals surface area contributed by atoms with Gasteiger partial charge in [0.15, 0.2) is 0 Å². The highest BCUT2D eigenvalue weighted by atomic mass is 19.1. The molecule has 64 valence electrons. The van der Waals surface area contributed by atoms with E-state index < -0.39 is 0 Å². The lowest BCUT2D eigenvalue weighted by molar-refractivity contribution is 0.601. The minimum atomic E-state index is -0.162. The fourth-order valence-electron chi connectivity index (χ4n) is 0.412. The van der Waals surface area contributed by atoms with Crippen molar-refractivity contribution in [2.45, 2.75) is 34.1 Å². The summed E-state index contributed by atoms with van der Waals surface area (Å²) in [6.07, 6.45) is 1.73. The smallest absolute Gasteiger partial charge is 0.118 e. The summed E-state index contributed by atoms with van der Waals surface area (Å²) in [6.45, 7) is 7.75. The molecule has 0 rings (SSSR count). The summed E-state index contributed by atoms with van der Waals surface area (Å²) in [5, 5.41) is 0. The molecule has 0 bridgehead atoms. The Morgan fingerprint density at radius 1 is 1.55 bits per heavy atom. The van der Waals surface area contributed by atoms with Gasteiger partial charge in [-0.15, -0.1) is 0 Å². The molecule has 0 aromatic carbocycles. The zero-order valence-electron chi connectivity index (χ0n) is 7.69. The van der Waals surface area contributed by atoms with Gasteiger partial charge in [0.2, 0.25) is 0 Å². The minimum absolute atomic E-state index is 0.162. The standard InChI is InChI=1S/C9H16FN/c1-5-9(10)6-11-8(4)7(2)3/h6-7H,5H2,1-4H3/b9-6+,11-8?. The molecule has 0 fully saturated rings. The topological polar surface area (TPSA) is 12.4 Å². The zero-order valence-corrected chi connectivity index (χ0v) is 7.69. The molecule has 0 aliphatic heterocycles. The van der Waals surface area contributed by atoms with Crippen molar-refractivity contribution in [2.75, 3.05) is 0 Å². The zero-order chi connectivity index (χ0) is 8.85. The van der Waals surface area contributed by atoms with Crippen LogP contribution in [-0.4, -0.2) is 5.71 Å². The first-order chi connectivity index (χ1) is 5.07. The number of rotatable bonds is 3. The number of halogens is 1. The predicted molar refractivity (Wildman–Crippen MR) is 47.4 cm³/mol. The lowest BCUT2D eigenvalue weighted by atomic mass is 10.1. The van der Waals surface area contributed by atoms with E-state index in [1.165, 1.54) is 6.20 Å². The van der Waals surface area contributed by atoms with Crippen molar-refractivity contribution in [1.29, 1.82) is 0 Å². The van der Waals surface area contributed by atoms with Crippen LogP contribution in [0.2, 0.25) is 0 Å². The van der Waals surface area contributed by atoms with Crippen LogP contribution in [0.4, 0.5) is 4.39 Å². The average molecular weight is 157 g/mol. The van der Waals surface area contributed by atoms with Crippen molar-refractivity contribution in [2.24, 2.45) is 10.9 Å². The Balaban J connectivity index is 4.11. The molecule has 0 atom stereocenters. The van der Waals surface area contributed by atoms with E-state index in [4.69, 9.17) is 0 Å². The molecule has 0 saturated carbocycles. The lowest BCUT2D eigenvalue weighted by Crippen LogP contribution is -2.00. The van der Waals surface area contributed by atoms with Gasteiger partial charge in [-0.2, -0.15) is 0 Å². The van der Waals surface area contributed by atoms with Crippen LogP contribution in [0.5, 0.6) is 0 Å². The third kappa shape index (κ3) is 4.71. The number of nitrogens with zero attached hydrogens (tertiary/aromatic N) is 1. The molecule has 2 heteroatoms. The fraction of sp³-hybridized carbons (Fsp3) is 0.667. The first-order valence-electron chi connectivity index (χ1n) is 3.96. The Morgan fingerprint density at radius 3 is 2.45 bits per heavy atom. The van der Waals surface area contributed by atoms with Gasteiger partial charge in [0.1, 0.15) is 5.83 Å². The SMILES string of the molecule is CC/C(F)=C\N=C(C)C(C)C. The second kappa shape index (κ2) is 5.05. The van der Waals surface area contributed by atoms with Gasteiger partial charge < -0.3 is 0 Å². The molecule has 0 aromatic rings. The van der Waals surface area contributed by atoms with E-state index in [-0.39, 0.29) is 5.83 Å². The van der Waals surface area contributed by atoms with E-state index in [1.807, 2.05) is 20.8 Å². The summed E-state index contributed by atoms with van der Waals surface area (Å²) < 4.78 is 12.5. The van der Waals surface area contributed by atoms with Crippen molar-refractivity contribution < 1.29 is 4.39 Å². The molecule has 0 spiro atoms. The normalized spacial score (nSPS) is 14.4. The number of allylic oxidation sites excluding steroid dienone is 1. The fourth-order valence-corrected chi connectivity index (χ4v) is 0.412. The minimum Gasteiger partial charge on any atom is -0.263 e. The van der Waals surface area contributed by atoms with Gasteiger partial charge >= 0.3 is 0 Å². The predicted octanol–water partition coefficient (Wildman–Crippen LogP) is 3.32.